The molecule has 0 aromatic rings. The number of rotatable bonds is 4. The molecule has 1 rings (SSSR count). The van der Waals surface area contributed by atoms with Crippen LogP contribution in [0.2, 0.25) is 0 Å². The summed E-state index contributed by atoms with van der Waals surface area (Å²) in [5.74, 6) is 2.58. The Kier molecular flexibility index (Phi) is 5.30. The SMILES string of the molecule is CC(C)NC(=O)CC1CCC(C(C)C)CC1. The smallest absolute Gasteiger partial charge is 0.220 e. The molecule has 0 bridgehead atoms. The van der Waals surface area contributed by atoms with Crippen LogP contribution in [-0.2, 0) is 4.79 Å². The second-order valence-electron chi connectivity index (χ2n) is 5.95. The predicted molar refractivity (Wildman–Crippen MR) is 68.2 cm³/mol. The Bertz CT molecular complexity index is 215. The van der Waals surface area contributed by atoms with Crippen molar-refractivity contribution in [2.75, 3.05) is 0 Å². The Morgan fingerprint density at radius 3 is 2.12 bits per heavy atom. The quantitative estimate of drug-likeness (QED) is 0.781. The van der Waals surface area contributed by atoms with Crippen molar-refractivity contribution in [3.05, 3.63) is 0 Å². The van der Waals surface area contributed by atoms with Crippen LogP contribution >= 0.6 is 0 Å². The average Bonchev–Trinajstić information content (AvgIpc) is 2.16. The number of carbonyl (C=O) groups excluding carboxylic acids is 1. The zero-order chi connectivity index (χ0) is 12.1. The topological polar surface area (TPSA) is 29.1 Å². The van der Waals surface area contributed by atoms with Crippen molar-refractivity contribution in [3.8, 4) is 0 Å². The molecule has 0 unspecified atom stereocenters. The molecule has 0 saturated heterocycles. The Labute approximate surface area is 100 Å². The Morgan fingerprint density at radius 1 is 1.12 bits per heavy atom. The van der Waals surface area contributed by atoms with Crippen molar-refractivity contribution in [2.24, 2.45) is 17.8 Å². The Hall–Kier alpha value is -0.530. The lowest BCUT2D eigenvalue weighted by atomic mass is 9.76. The van der Waals surface area contributed by atoms with Crippen molar-refractivity contribution < 1.29 is 4.79 Å². The largest absolute Gasteiger partial charge is 0.354 e. The van der Waals surface area contributed by atoms with E-state index in [4.69, 9.17) is 0 Å². The predicted octanol–water partition coefficient (Wildman–Crippen LogP) is 3.36. The lowest BCUT2D eigenvalue weighted by molar-refractivity contribution is -0.122. The van der Waals surface area contributed by atoms with Crippen molar-refractivity contribution in [1.29, 1.82) is 0 Å². The van der Waals surface area contributed by atoms with Crippen LogP contribution in [0.25, 0.3) is 0 Å². The van der Waals surface area contributed by atoms with Crippen molar-refractivity contribution in [2.45, 2.75) is 65.8 Å². The molecule has 16 heavy (non-hydrogen) atoms. The summed E-state index contributed by atoms with van der Waals surface area (Å²) in [7, 11) is 0. The molecule has 0 radical (unpaired) electrons. The van der Waals surface area contributed by atoms with Crippen LogP contribution in [0.4, 0.5) is 0 Å². The van der Waals surface area contributed by atoms with Gasteiger partial charge in [0.15, 0.2) is 0 Å². The molecule has 1 aliphatic carbocycles. The van der Waals surface area contributed by atoms with Gasteiger partial charge < -0.3 is 5.32 Å². The lowest BCUT2D eigenvalue weighted by Gasteiger charge is -2.30. The molecular formula is C14H27NO. The standard InChI is InChI=1S/C14H27NO/c1-10(2)13-7-5-12(6-8-13)9-14(16)15-11(3)4/h10-13H,5-9H2,1-4H3,(H,15,16). The van der Waals surface area contributed by atoms with Gasteiger partial charge in [-0.2, -0.15) is 0 Å². The van der Waals surface area contributed by atoms with Crippen LogP contribution in [0.3, 0.4) is 0 Å². The van der Waals surface area contributed by atoms with E-state index in [2.05, 4.69) is 19.2 Å². The molecule has 0 aromatic carbocycles. The third-order valence-corrected chi connectivity index (χ3v) is 3.76. The van der Waals surface area contributed by atoms with Gasteiger partial charge in [-0.25, -0.2) is 0 Å². The summed E-state index contributed by atoms with van der Waals surface area (Å²) in [6.45, 7) is 8.67. The maximum atomic E-state index is 11.6. The third kappa shape index (κ3) is 4.54. The van der Waals surface area contributed by atoms with E-state index in [9.17, 15) is 4.79 Å². The Balaban J connectivity index is 2.24. The number of nitrogens with one attached hydrogen (secondary N) is 1. The summed E-state index contributed by atoms with van der Waals surface area (Å²) in [6, 6.07) is 0.277. The van der Waals surface area contributed by atoms with E-state index in [1.807, 2.05) is 13.8 Å². The van der Waals surface area contributed by atoms with Gasteiger partial charge in [-0.05, 0) is 57.3 Å². The minimum absolute atomic E-state index is 0.239. The van der Waals surface area contributed by atoms with Gasteiger partial charge in [0.1, 0.15) is 0 Å². The van der Waals surface area contributed by atoms with E-state index in [0.717, 1.165) is 18.3 Å². The second kappa shape index (κ2) is 6.27. The fourth-order valence-electron chi connectivity index (χ4n) is 2.70. The van der Waals surface area contributed by atoms with Crippen LogP contribution in [-0.4, -0.2) is 11.9 Å². The maximum absolute atomic E-state index is 11.6. The average molecular weight is 225 g/mol. The van der Waals surface area contributed by atoms with Gasteiger partial charge in [-0.3, -0.25) is 4.79 Å². The van der Waals surface area contributed by atoms with E-state index in [0.29, 0.717) is 5.92 Å². The zero-order valence-corrected chi connectivity index (χ0v) is 11.3. The molecule has 2 heteroatoms. The summed E-state index contributed by atoms with van der Waals surface area (Å²) >= 11 is 0. The summed E-state index contributed by atoms with van der Waals surface area (Å²) in [5.41, 5.74) is 0. The molecule has 1 fully saturated rings. The summed E-state index contributed by atoms with van der Waals surface area (Å²) in [4.78, 5) is 11.6. The fourth-order valence-corrected chi connectivity index (χ4v) is 2.70. The molecule has 1 aliphatic rings. The molecule has 2 nitrogen and oxygen atoms in total. The van der Waals surface area contributed by atoms with Crippen LogP contribution in [0, 0.1) is 17.8 Å². The van der Waals surface area contributed by atoms with E-state index in [1.54, 1.807) is 0 Å². The molecule has 0 spiro atoms. The van der Waals surface area contributed by atoms with E-state index < -0.39 is 0 Å². The van der Waals surface area contributed by atoms with Gasteiger partial charge in [-0.15, -0.1) is 0 Å². The maximum Gasteiger partial charge on any atom is 0.220 e. The normalized spacial score (nSPS) is 26.1. The molecule has 94 valence electrons. The third-order valence-electron chi connectivity index (χ3n) is 3.76. The van der Waals surface area contributed by atoms with Crippen molar-refractivity contribution >= 4 is 5.91 Å². The minimum Gasteiger partial charge on any atom is -0.354 e. The molecule has 1 saturated carbocycles. The van der Waals surface area contributed by atoms with Gasteiger partial charge in [0.05, 0.1) is 0 Å². The zero-order valence-electron chi connectivity index (χ0n) is 11.3. The molecule has 0 aromatic heterocycles. The van der Waals surface area contributed by atoms with Crippen LogP contribution in [0.15, 0.2) is 0 Å². The van der Waals surface area contributed by atoms with Gasteiger partial charge in [0, 0.05) is 12.5 Å². The highest BCUT2D eigenvalue weighted by molar-refractivity contribution is 5.76. The summed E-state index contributed by atoms with van der Waals surface area (Å²) in [6.07, 6.45) is 5.86. The summed E-state index contributed by atoms with van der Waals surface area (Å²) < 4.78 is 0. The van der Waals surface area contributed by atoms with Crippen molar-refractivity contribution in [1.82, 2.24) is 5.32 Å². The monoisotopic (exact) mass is 225 g/mol. The van der Waals surface area contributed by atoms with Gasteiger partial charge in [-0.1, -0.05) is 13.8 Å². The first-order valence-electron chi connectivity index (χ1n) is 6.78. The van der Waals surface area contributed by atoms with Gasteiger partial charge in [0.25, 0.3) is 0 Å². The van der Waals surface area contributed by atoms with E-state index >= 15 is 0 Å². The second-order valence-corrected chi connectivity index (χ2v) is 5.95. The molecule has 0 aliphatic heterocycles. The van der Waals surface area contributed by atoms with Crippen LogP contribution in [0.1, 0.15) is 59.8 Å². The fraction of sp³-hybridized carbons (Fsp3) is 0.929. The number of carbonyl (C=O) groups is 1. The van der Waals surface area contributed by atoms with Gasteiger partial charge >= 0.3 is 0 Å². The molecule has 1 amide bonds. The first kappa shape index (κ1) is 13.5. The highest BCUT2D eigenvalue weighted by Gasteiger charge is 2.24. The number of hydrogen-bond acceptors (Lipinski definition) is 1. The molecule has 1 N–H and O–H groups in total. The highest BCUT2D eigenvalue weighted by atomic mass is 16.1. The number of amides is 1. The van der Waals surface area contributed by atoms with Gasteiger partial charge in [0.2, 0.25) is 5.91 Å². The lowest BCUT2D eigenvalue weighted by Crippen LogP contribution is -2.32. The summed E-state index contributed by atoms with van der Waals surface area (Å²) in [5, 5.41) is 2.99. The molecule has 0 heterocycles. The first-order valence-corrected chi connectivity index (χ1v) is 6.78. The van der Waals surface area contributed by atoms with E-state index in [1.165, 1.54) is 25.7 Å². The first-order chi connectivity index (χ1) is 7.49. The van der Waals surface area contributed by atoms with Crippen LogP contribution in [0.5, 0.6) is 0 Å². The molecule has 0 atom stereocenters. The van der Waals surface area contributed by atoms with Crippen molar-refractivity contribution in [3.63, 3.8) is 0 Å². The molecular weight excluding hydrogens is 198 g/mol. The highest BCUT2D eigenvalue weighted by Crippen LogP contribution is 2.34. The van der Waals surface area contributed by atoms with E-state index in [-0.39, 0.29) is 11.9 Å². The minimum atomic E-state index is 0.239. The Morgan fingerprint density at radius 2 is 1.69 bits per heavy atom. The number of hydrogen-bond donors (Lipinski definition) is 1. The van der Waals surface area contributed by atoms with Crippen LogP contribution < -0.4 is 5.32 Å².